The highest BCUT2D eigenvalue weighted by Gasteiger charge is 2.09. The van der Waals surface area contributed by atoms with E-state index < -0.39 is 5.97 Å². The fourth-order valence-electron chi connectivity index (χ4n) is 2.00. The number of carboxylic acids is 1. The zero-order chi connectivity index (χ0) is 14.3. The maximum atomic E-state index is 10.7. The van der Waals surface area contributed by atoms with E-state index in [1.807, 2.05) is 12.1 Å². The van der Waals surface area contributed by atoms with Crippen LogP contribution in [0.3, 0.4) is 0 Å². The molecule has 0 amide bonds. The Balaban J connectivity index is 2.64. The number of carboxylic acid groups (broad SMARTS) is 1. The second kappa shape index (κ2) is 7.60. The van der Waals surface area contributed by atoms with Crippen molar-refractivity contribution in [2.75, 3.05) is 13.1 Å². The molecule has 0 fully saturated rings. The molecule has 19 heavy (non-hydrogen) atoms. The molecule has 0 spiro atoms. The third kappa shape index (κ3) is 6.08. The van der Waals surface area contributed by atoms with Crippen LogP contribution in [0.1, 0.15) is 25.0 Å². The lowest BCUT2D eigenvalue weighted by Crippen LogP contribution is -2.29. The van der Waals surface area contributed by atoms with Gasteiger partial charge in [-0.2, -0.15) is 0 Å². The van der Waals surface area contributed by atoms with Crippen LogP contribution in [0.25, 0.3) is 0 Å². The summed E-state index contributed by atoms with van der Waals surface area (Å²) >= 11 is 0. The van der Waals surface area contributed by atoms with Crippen LogP contribution in [0.2, 0.25) is 0 Å². The summed E-state index contributed by atoms with van der Waals surface area (Å²) in [6.45, 7) is 5.27. The van der Waals surface area contributed by atoms with Gasteiger partial charge in [0.15, 0.2) is 0 Å². The van der Waals surface area contributed by atoms with Crippen LogP contribution in [0.5, 0.6) is 0 Å². The van der Waals surface area contributed by atoms with Gasteiger partial charge in [0, 0.05) is 6.54 Å². The highest BCUT2D eigenvalue weighted by atomic mass is 16.4. The third-order valence-corrected chi connectivity index (χ3v) is 2.75. The second-order valence-electron chi connectivity index (χ2n) is 5.16. The molecule has 0 heterocycles. The molecule has 0 aliphatic carbocycles. The summed E-state index contributed by atoms with van der Waals surface area (Å²) in [5, 5.41) is 8.82. The summed E-state index contributed by atoms with van der Waals surface area (Å²) in [6, 6.07) is 8.29. The van der Waals surface area contributed by atoms with E-state index >= 15 is 0 Å². The minimum atomic E-state index is -0.855. The smallest absolute Gasteiger partial charge is 0.317 e. The summed E-state index contributed by atoms with van der Waals surface area (Å²) < 4.78 is 0. The predicted molar refractivity (Wildman–Crippen MR) is 76.7 cm³/mol. The van der Waals surface area contributed by atoms with Crippen molar-refractivity contribution in [2.24, 2.45) is 5.92 Å². The van der Waals surface area contributed by atoms with Crippen molar-refractivity contribution in [3.8, 4) is 12.3 Å². The molecule has 1 N–H and O–H groups in total. The van der Waals surface area contributed by atoms with Crippen molar-refractivity contribution in [1.82, 2.24) is 4.90 Å². The average molecular weight is 259 g/mol. The van der Waals surface area contributed by atoms with Crippen molar-refractivity contribution in [2.45, 2.75) is 26.8 Å². The topological polar surface area (TPSA) is 40.5 Å². The average Bonchev–Trinajstić information content (AvgIpc) is 2.30. The van der Waals surface area contributed by atoms with E-state index in [1.165, 1.54) is 5.56 Å². The molecule has 0 aliphatic heterocycles. The monoisotopic (exact) mass is 259 g/mol. The molecule has 0 unspecified atom stereocenters. The largest absolute Gasteiger partial charge is 0.480 e. The second-order valence-corrected chi connectivity index (χ2v) is 5.16. The molecular formula is C16H21NO2. The molecule has 0 aromatic heterocycles. The van der Waals surface area contributed by atoms with Gasteiger partial charge in [0.25, 0.3) is 0 Å². The third-order valence-electron chi connectivity index (χ3n) is 2.75. The number of benzene rings is 1. The molecule has 1 aromatic carbocycles. The first-order valence-corrected chi connectivity index (χ1v) is 6.46. The van der Waals surface area contributed by atoms with Gasteiger partial charge < -0.3 is 5.11 Å². The van der Waals surface area contributed by atoms with Gasteiger partial charge in [0.2, 0.25) is 0 Å². The Hall–Kier alpha value is -1.79. The number of aliphatic carboxylic acids is 1. The lowest BCUT2D eigenvalue weighted by atomic mass is 10.0. The van der Waals surface area contributed by atoms with Crippen LogP contribution < -0.4 is 0 Å². The van der Waals surface area contributed by atoms with Crippen molar-refractivity contribution < 1.29 is 9.90 Å². The molecule has 3 nitrogen and oxygen atoms in total. The normalized spacial score (nSPS) is 10.7. The molecule has 0 aliphatic rings. The highest BCUT2D eigenvalue weighted by molar-refractivity contribution is 5.69. The number of nitrogens with zero attached hydrogens (tertiary/aromatic N) is 1. The first kappa shape index (κ1) is 15.3. The van der Waals surface area contributed by atoms with Gasteiger partial charge in [-0.25, -0.2) is 0 Å². The summed E-state index contributed by atoms with van der Waals surface area (Å²) in [6.07, 6.45) is 6.31. The minimum absolute atomic E-state index is 0.0298. The summed E-state index contributed by atoms with van der Waals surface area (Å²) in [5.74, 6) is 2.27. The van der Waals surface area contributed by atoms with Gasteiger partial charge in [-0.1, -0.05) is 44.0 Å². The molecule has 0 bridgehead atoms. The predicted octanol–water partition coefficient (Wildman–Crippen LogP) is 2.40. The van der Waals surface area contributed by atoms with Crippen LogP contribution in [-0.2, 0) is 17.8 Å². The van der Waals surface area contributed by atoms with Gasteiger partial charge in [-0.15, -0.1) is 6.42 Å². The van der Waals surface area contributed by atoms with E-state index in [4.69, 9.17) is 11.5 Å². The Morgan fingerprint density at radius 1 is 1.32 bits per heavy atom. The summed E-state index contributed by atoms with van der Waals surface area (Å²) in [4.78, 5) is 12.5. The zero-order valence-electron chi connectivity index (χ0n) is 11.6. The highest BCUT2D eigenvalue weighted by Crippen LogP contribution is 2.11. The van der Waals surface area contributed by atoms with Crippen molar-refractivity contribution in [3.05, 3.63) is 35.4 Å². The van der Waals surface area contributed by atoms with Gasteiger partial charge in [-0.05, 0) is 23.5 Å². The lowest BCUT2D eigenvalue weighted by Gasteiger charge is -2.17. The van der Waals surface area contributed by atoms with Gasteiger partial charge >= 0.3 is 5.97 Å². The number of hydrogen-bond acceptors (Lipinski definition) is 2. The van der Waals surface area contributed by atoms with E-state index in [2.05, 4.69) is 31.9 Å². The Morgan fingerprint density at radius 2 is 1.89 bits per heavy atom. The first-order chi connectivity index (χ1) is 9.01. The molecule has 0 radical (unpaired) electrons. The molecular weight excluding hydrogens is 238 g/mol. The van der Waals surface area contributed by atoms with Crippen molar-refractivity contribution in [1.29, 1.82) is 0 Å². The van der Waals surface area contributed by atoms with Crippen LogP contribution in [0.4, 0.5) is 0 Å². The minimum Gasteiger partial charge on any atom is -0.480 e. The quantitative estimate of drug-likeness (QED) is 0.764. The zero-order valence-corrected chi connectivity index (χ0v) is 11.6. The Labute approximate surface area is 115 Å². The molecule has 0 atom stereocenters. The molecule has 3 heteroatoms. The Bertz CT molecular complexity index is 443. The Kier molecular flexibility index (Phi) is 6.11. The molecule has 1 aromatic rings. The van der Waals surface area contributed by atoms with Gasteiger partial charge in [0.1, 0.15) is 0 Å². The van der Waals surface area contributed by atoms with E-state index in [-0.39, 0.29) is 6.54 Å². The van der Waals surface area contributed by atoms with Gasteiger partial charge in [0.05, 0.1) is 13.1 Å². The van der Waals surface area contributed by atoms with Crippen LogP contribution in [0.15, 0.2) is 24.3 Å². The summed E-state index contributed by atoms with van der Waals surface area (Å²) in [7, 11) is 0. The molecule has 1 rings (SSSR count). The summed E-state index contributed by atoms with van der Waals surface area (Å²) in [5.41, 5.74) is 2.39. The maximum Gasteiger partial charge on any atom is 0.317 e. The van der Waals surface area contributed by atoms with Crippen molar-refractivity contribution >= 4 is 5.97 Å². The van der Waals surface area contributed by atoms with E-state index in [1.54, 1.807) is 4.90 Å². The molecule has 0 saturated heterocycles. The number of rotatable bonds is 7. The number of hydrogen-bond donors (Lipinski definition) is 1. The maximum absolute atomic E-state index is 10.7. The van der Waals surface area contributed by atoms with Crippen molar-refractivity contribution in [3.63, 3.8) is 0 Å². The van der Waals surface area contributed by atoms with Crippen LogP contribution in [-0.4, -0.2) is 29.1 Å². The SMILES string of the molecule is C#CCN(CC(=O)O)Cc1ccc(CC(C)C)cc1. The number of carbonyl (C=O) groups is 1. The van der Waals surface area contributed by atoms with Crippen LogP contribution >= 0.6 is 0 Å². The fraction of sp³-hybridized carbons (Fsp3) is 0.438. The lowest BCUT2D eigenvalue weighted by molar-refractivity contribution is -0.138. The molecule has 102 valence electrons. The van der Waals surface area contributed by atoms with E-state index in [9.17, 15) is 4.79 Å². The van der Waals surface area contributed by atoms with Crippen LogP contribution in [0, 0.1) is 18.3 Å². The first-order valence-electron chi connectivity index (χ1n) is 6.46. The standard InChI is InChI=1S/C16H21NO2/c1-4-9-17(12-16(18)19)11-15-7-5-14(6-8-15)10-13(2)3/h1,5-8,13H,9-12H2,2-3H3,(H,18,19). The fourth-order valence-corrected chi connectivity index (χ4v) is 2.00. The van der Waals surface area contributed by atoms with Gasteiger partial charge in [-0.3, -0.25) is 9.69 Å². The van der Waals surface area contributed by atoms with E-state index in [0.29, 0.717) is 19.0 Å². The Morgan fingerprint density at radius 3 is 2.37 bits per heavy atom. The molecule has 0 saturated carbocycles. The number of terminal acetylenes is 1. The van der Waals surface area contributed by atoms with E-state index in [0.717, 1.165) is 12.0 Å².